The Hall–Kier alpha value is -0.940. The number of piperidine rings is 1. The topological polar surface area (TPSA) is 66.6 Å². The molecular weight excluding hydrogens is 218 g/mol. The highest BCUT2D eigenvalue weighted by atomic mass is 16.2. The van der Waals surface area contributed by atoms with E-state index in [0.29, 0.717) is 18.9 Å². The van der Waals surface area contributed by atoms with Crippen LogP contribution in [0.1, 0.15) is 26.2 Å². The number of hydrogen-bond donors (Lipinski definition) is 1. The van der Waals surface area contributed by atoms with Gasteiger partial charge in [-0.2, -0.15) is 0 Å². The molecule has 0 saturated carbocycles. The molecule has 2 fully saturated rings. The lowest BCUT2D eigenvalue weighted by Gasteiger charge is -2.40. The number of carbonyl (C=O) groups is 2. The van der Waals surface area contributed by atoms with Gasteiger partial charge in [0.1, 0.15) is 0 Å². The summed E-state index contributed by atoms with van der Waals surface area (Å²) in [5, 5.41) is 0. The fourth-order valence-corrected chi connectivity index (χ4v) is 2.91. The molecule has 0 spiro atoms. The van der Waals surface area contributed by atoms with Crippen LogP contribution >= 0.6 is 0 Å². The summed E-state index contributed by atoms with van der Waals surface area (Å²) in [5.74, 6) is 0.516. The third kappa shape index (κ3) is 2.21. The fourth-order valence-electron chi connectivity index (χ4n) is 2.91. The van der Waals surface area contributed by atoms with Crippen LogP contribution < -0.4 is 5.73 Å². The van der Waals surface area contributed by atoms with Crippen LogP contribution in [0.2, 0.25) is 0 Å². The maximum Gasteiger partial charge on any atom is 0.246 e. The maximum absolute atomic E-state index is 12.0. The smallest absolute Gasteiger partial charge is 0.246 e. The van der Waals surface area contributed by atoms with Crippen molar-refractivity contribution in [2.45, 2.75) is 38.3 Å². The molecule has 0 aromatic carbocycles. The Morgan fingerprint density at radius 1 is 1.41 bits per heavy atom. The largest absolute Gasteiger partial charge is 0.329 e. The minimum absolute atomic E-state index is 0.0667. The highest BCUT2D eigenvalue weighted by molar-refractivity contribution is 6.05. The van der Waals surface area contributed by atoms with Crippen LogP contribution in [0.3, 0.4) is 0 Å². The van der Waals surface area contributed by atoms with Crippen molar-refractivity contribution in [1.29, 1.82) is 0 Å². The zero-order valence-corrected chi connectivity index (χ0v) is 10.6. The van der Waals surface area contributed by atoms with Gasteiger partial charge in [-0.25, -0.2) is 0 Å². The second-order valence-corrected chi connectivity index (χ2v) is 5.27. The summed E-state index contributed by atoms with van der Waals surface area (Å²) in [6.07, 6.45) is 2.43. The first-order valence-corrected chi connectivity index (χ1v) is 6.30. The third-order valence-electron chi connectivity index (χ3n) is 4.05. The van der Waals surface area contributed by atoms with Crippen molar-refractivity contribution in [3.8, 4) is 0 Å². The molecule has 2 saturated heterocycles. The number of likely N-dealkylation sites (N-methyl/N-ethyl adjacent to an activating group) is 1. The summed E-state index contributed by atoms with van der Waals surface area (Å²) in [7, 11) is 1.56. The van der Waals surface area contributed by atoms with Crippen molar-refractivity contribution < 1.29 is 9.59 Å². The van der Waals surface area contributed by atoms with E-state index in [1.165, 1.54) is 4.90 Å². The second kappa shape index (κ2) is 4.74. The average Bonchev–Trinajstić information content (AvgIpc) is 2.57. The minimum atomic E-state index is -0.270. The van der Waals surface area contributed by atoms with Gasteiger partial charge in [0.15, 0.2) is 0 Å². The zero-order valence-electron chi connectivity index (χ0n) is 10.6. The van der Waals surface area contributed by atoms with Crippen LogP contribution in [0.15, 0.2) is 0 Å². The molecule has 0 bridgehead atoms. The standard InChI is InChI=1S/C12H21N3O2/c1-8-3-4-15(9(5-8)7-13)10-6-11(16)14(2)12(10)17/h8-10H,3-7,13H2,1-2H3. The average molecular weight is 239 g/mol. The number of nitrogens with two attached hydrogens (primary N) is 1. The highest BCUT2D eigenvalue weighted by Crippen LogP contribution is 2.28. The Balaban J connectivity index is 2.11. The zero-order chi connectivity index (χ0) is 12.6. The molecular formula is C12H21N3O2. The van der Waals surface area contributed by atoms with E-state index < -0.39 is 0 Å². The number of nitrogens with zero attached hydrogens (tertiary/aromatic N) is 2. The molecule has 96 valence electrons. The van der Waals surface area contributed by atoms with E-state index >= 15 is 0 Å². The molecule has 3 unspecified atom stereocenters. The molecule has 2 rings (SSSR count). The molecule has 5 nitrogen and oxygen atoms in total. The fraction of sp³-hybridized carbons (Fsp3) is 0.833. The minimum Gasteiger partial charge on any atom is -0.329 e. The summed E-state index contributed by atoms with van der Waals surface area (Å²) in [6, 6.07) is -0.0273. The van der Waals surface area contributed by atoms with E-state index in [4.69, 9.17) is 5.73 Å². The molecule has 2 heterocycles. The first-order valence-electron chi connectivity index (χ1n) is 6.30. The van der Waals surface area contributed by atoms with E-state index in [1.54, 1.807) is 7.05 Å². The van der Waals surface area contributed by atoms with Gasteiger partial charge in [-0.1, -0.05) is 6.92 Å². The third-order valence-corrected chi connectivity index (χ3v) is 4.05. The molecule has 2 N–H and O–H groups in total. The molecule has 0 aliphatic carbocycles. The molecule has 5 heteroatoms. The molecule has 2 aliphatic rings. The molecule has 3 atom stereocenters. The summed E-state index contributed by atoms with van der Waals surface area (Å²) >= 11 is 0. The molecule has 0 aromatic heterocycles. The Morgan fingerprint density at radius 3 is 2.65 bits per heavy atom. The van der Waals surface area contributed by atoms with Crippen LogP contribution in [0, 0.1) is 5.92 Å². The van der Waals surface area contributed by atoms with Crippen molar-refractivity contribution in [1.82, 2.24) is 9.80 Å². The quantitative estimate of drug-likeness (QED) is 0.678. The van der Waals surface area contributed by atoms with Gasteiger partial charge >= 0.3 is 0 Å². The van der Waals surface area contributed by atoms with E-state index in [1.807, 2.05) is 0 Å². The van der Waals surface area contributed by atoms with Crippen molar-refractivity contribution in [2.24, 2.45) is 11.7 Å². The molecule has 2 aliphatic heterocycles. The van der Waals surface area contributed by atoms with Crippen LogP contribution in [0.25, 0.3) is 0 Å². The lowest BCUT2D eigenvalue weighted by Crippen LogP contribution is -2.53. The predicted octanol–water partition coefficient (Wildman–Crippen LogP) is -0.197. The van der Waals surface area contributed by atoms with E-state index in [0.717, 1.165) is 19.4 Å². The summed E-state index contributed by atoms with van der Waals surface area (Å²) in [5.41, 5.74) is 5.79. The molecule has 0 radical (unpaired) electrons. The molecule has 0 aromatic rings. The number of hydrogen-bond acceptors (Lipinski definition) is 4. The number of amides is 2. The number of likely N-dealkylation sites (tertiary alicyclic amines) is 2. The lowest BCUT2D eigenvalue weighted by atomic mass is 9.91. The lowest BCUT2D eigenvalue weighted by molar-refractivity contribution is -0.138. The summed E-state index contributed by atoms with van der Waals surface area (Å²) in [4.78, 5) is 26.9. The first-order chi connectivity index (χ1) is 8.04. The van der Waals surface area contributed by atoms with E-state index in [9.17, 15) is 9.59 Å². The van der Waals surface area contributed by atoms with Gasteiger partial charge in [0.05, 0.1) is 12.5 Å². The van der Waals surface area contributed by atoms with Crippen LogP contribution in [0.4, 0.5) is 0 Å². The Morgan fingerprint density at radius 2 is 2.12 bits per heavy atom. The maximum atomic E-state index is 12.0. The van der Waals surface area contributed by atoms with Crippen molar-refractivity contribution in [3.05, 3.63) is 0 Å². The van der Waals surface area contributed by atoms with Crippen molar-refractivity contribution in [2.75, 3.05) is 20.1 Å². The predicted molar refractivity (Wildman–Crippen MR) is 64.1 cm³/mol. The van der Waals surface area contributed by atoms with Gasteiger partial charge < -0.3 is 5.73 Å². The van der Waals surface area contributed by atoms with Gasteiger partial charge in [-0.15, -0.1) is 0 Å². The van der Waals surface area contributed by atoms with Crippen LogP contribution in [-0.4, -0.2) is 53.8 Å². The highest BCUT2D eigenvalue weighted by Gasteiger charge is 2.43. The van der Waals surface area contributed by atoms with Gasteiger partial charge in [0, 0.05) is 19.6 Å². The molecule has 17 heavy (non-hydrogen) atoms. The molecule has 2 amide bonds. The van der Waals surface area contributed by atoms with E-state index in [2.05, 4.69) is 11.8 Å². The van der Waals surface area contributed by atoms with Crippen LogP contribution in [-0.2, 0) is 9.59 Å². The van der Waals surface area contributed by atoms with Crippen molar-refractivity contribution >= 4 is 11.8 Å². The number of imide groups is 1. The van der Waals surface area contributed by atoms with E-state index in [-0.39, 0.29) is 23.9 Å². The van der Waals surface area contributed by atoms with Crippen molar-refractivity contribution in [3.63, 3.8) is 0 Å². The Bertz CT molecular complexity index is 332. The van der Waals surface area contributed by atoms with Gasteiger partial charge in [-0.3, -0.25) is 19.4 Å². The Kier molecular flexibility index (Phi) is 3.49. The monoisotopic (exact) mass is 239 g/mol. The Labute approximate surface area is 102 Å². The number of carbonyl (C=O) groups excluding carboxylic acids is 2. The van der Waals surface area contributed by atoms with Gasteiger partial charge in [-0.05, 0) is 25.3 Å². The second-order valence-electron chi connectivity index (χ2n) is 5.27. The van der Waals surface area contributed by atoms with Crippen LogP contribution in [0.5, 0.6) is 0 Å². The normalized spacial score (nSPS) is 35.7. The number of rotatable bonds is 2. The summed E-state index contributed by atoms with van der Waals surface area (Å²) < 4.78 is 0. The van der Waals surface area contributed by atoms with Gasteiger partial charge in [0.2, 0.25) is 11.8 Å². The summed E-state index contributed by atoms with van der Waals surface area (Å²) in [6.45, 7) is 3.65. The SMILES string of the molecule is CC1CCN(C2CC(=O)N(C)C2=O)C(CN)C1. The van der Waals surface area contributed by atoms with Gasteiger partial charge in [0.25, 0.3) is 0 Å². The first kappa shape index (κ1) is 12.5.